The summed E-state index contributed by atoms with van der Waals surface area (Å²) in [7, 11) is 0. The molecular formula is C9H12N2O2. The van der Waals surface area contributed by atoms with Gasteiger partial charge in [0.1, 0.15) is 0 Å². The van der Waals surface area contributed by atoms with Crippen LogP contribution in [0, 0.1) is 11.3 Å². The summed E-state index contributed by atoms with van der Waals surface area (Å²) in [4.78, 5) is 23.9. The molecule has 0 N–H and O–H groups in total. The quantitative estimate of drug-likeness (QED) is 0.591. The summed E-state index contributed by atoms with van der Waals surface area (Å²) >= 11 is 0. The lowest BCUT2D eigenvalue weighted by Gasteiger charge is -2.16. The van der Waals surface area contributed by atoms with Crippen molar-refractivity contribution >= 4 is 11.8 Å². The van der Waals surface area contributed by atoms with Crippen LogP contribution in [0.4, 0.5) is 0 Å². The maximum Gasteiger partial charge on any atom is 0.229 e. The topological polar surface area (TPSA) is 61.2 Å². The predicted octanol–water partition coefficient (Wildman–Crippen LogP) is 0.829. The minimum atomic E-state index is -0.127. The van der Waals surface area contributed by atoms with Crippen LogP contribution in [-0.4, -0.2) is 23.3 Å². The number of imide groups is 1. The van der Waals surface area contributed by atoms with Crippen LogP contribution < -0.4 is 0 Å². The average molecular weight is 180 g/mol. The van der Waals surface area contributed by atoms with E-state index < -0.39 is 0 Å². The molecule has 0 aliphatic carbocycles. The van der Waals surface area contributed by atoms with Crippen molar-refractivity contribution in [2.45, 2.75) is 32.1 Å². The molecule has 0 unspecified atom stereocenters. The lowest BCUT2D eigenvalue weighted by Crippen LogP contribution is -2.35. The highest BCUT2D eigenvalue weighted by Crippen LogP contribution is 2.12. The summed E-state index contributed by atoms with van der Waals surface area (Å²) in [6.45, 7) is 0.258. The molecule has 1 aliphatic rings. The van der Waals surface area contributed by atoms with Crippen molar-refractivity contribution in [3.8, 4) is 6.07 Å². The molecular weight excluding hydrogens is 168 g/mol. The van der Waals surface area contributed by atoms with E-state index in [0.717, 1.165) is 12.8 Å². The molecule has 1 rings (SSSR count). The zero-order valence-corrected chi connectivity index (χ0v) is 7.45. The normalized spacial score (nSPS) is 18.2. The highest BCUT2D eigenvalue weighted by Gasteiger charge is 2.22. The summed E-state index contributed by atoms with van der Waals surface area (Å²) in [6, 6.07) is 1.93. The number of hydrogen-bond acceptors (Lipinski definition) is 3. The van der Waals surface area contributed by atoms with Gasteiger partial charge in [-0.2, -0.15) is 5.26 Å². The van der Waals surface area contributed by atoms with Gasteiger partial charge in [0, 0.05) is 19.4 Å². The second kappa shape index (κ2) is 4.61. The Morgan fingerprint density at radius 1 is 1.23 bits per heavy atom. The number of amides is 2. The number of nitriles is 1. The maximum absolute atomic E-state index is 11.3. The molecule has 0 aromatic heterocycles. The lowest BCUT2D eigenvalue weighted by atomic mass is 10.2. The highest BCUT2D eigenvalue weighted by atomic mass is 16.2. The Kier molecular flexibility index (Phi) is 3.44. The Labute approximate surface area is 77.1 Å². The summed E-state index contributed by atoms with van der Waals surface area (Å²) in [5, 5.41) is 8.34. The van der Waals surface area contributed by atoms with Gasteiger partial charge in [0.05, 0.1) is 12.5 Å². The van der Waals surface area contributed by atoms with Gasteiger partial charge in [-0.1, -0.05) is 0 Å². The van der Waals surface area contributed by atoms with Crippen LogP contribution in [0.2, 0.25) is 0 Å². The number of carbonyl (C=O) groups excluding carboxylic acids is 2. The van der Waals surface area contributed by atoms with Crippen LogP contribution in [-0.2, 0) is 9.59 Å². The summed E-state index contributed by atoms with van der Waals surface area (Å²) in [5.41, 5.74) is 0. The van der Waals surface area contributed by atoms with Crippen molar-refractivity contribution < 1.29 is 9.59 Å². The van der Waals surface area contributed by atoms with E-state index in [1.165, 1.54) is 4.90 Å². The Hall–Kier alpha value is -1.37. The molecule has 0 spiro atoms. The molecule has 1 heterocycles. The van der Waals surface area contributed by atoms with Crippen molar-refractivity contribution in [1.29, 1.82) is 5.26 Å². The molecule has 1 fully saturated rings. The Bertz CT molecular complexity index is 237. The average Bonchev–Trinajstić information content (AvgIpc) is 2.26. The van der Waals surface area contributed by atoms with Gasteiger partial charge in [-0.05, 0) is 12.8 Å². The van der Waals surface area contributed by atoms with E-state index in [9.17, 15) is 9.59 Å². The molecule has 2 amide bonds. The van der Waals surface area contributed by atoms with Gasteiger partial charge >= 0.3 is 0 Å². The molecule has 1 aliphatic heterocycles. The van der Waals surface area contributed by atoms with Crippen molar-refractivity contribution in [3.63, 3.8) is 0 Å². The fraction of sp³-hybridized carbons (Fsp3) is 0.667. The third kappa shape index (κ3) is 2.55. The molecule has 0 atom stereocenters. The number of carbonyl (C=O) groups is 2. The van der Waals surface area contributed by atoms with E-state index in [4.69, 9.17) is 5.26 Å². The van der Waals surface area contributed by atoms with Crippen LogP contribution in [0.25, 0.3) is 0 Å². The lowest BCUT2D eigenvalue weighted by molar-refractivity contribution is -0.143. The van der Waals surface area contributed by atoms with Crippen LogP contribution in [0.1, 0.15) is 32.1 Å². The minimum Gasteiger partial charge on any atom is -0.282 e. The Morgan fingerprint density at radius 2 is 1.77 bits per heavy atom. The highest BCUT2D eigenvalue weighted by molar-refractivity contribution is 5.95. The van der Waals surface area contributed by atoms with Crippen LogP contribution in [0.3, 0.4) is 0 Å². The molecule has 4 heteroatoms. The third-order valence-electron chi connectivity index (χ3n) is 2.08. The van der Waals surface area contributed by atoms with E-state index in [-0.39, 0.29) is 24.8 Å². The van der Waals surface area contributed by atoms with Crippen molar-refractivity contribution in [2.75, 3.05) is 6.54 Å². The monoisotopic (exact) mass is 180 g/mol. The first-order valence-corrected chi connectivity index (χ1v) is 4.46. The third-order valence-corrected chi connectivity index (χ3v) is 2.08. The van der Waals surface area contributed by atoms with E-state index in [1.54, 1.807) is 0 Å². The molecule has 0 aromatic rings. The summed E-state index contributed by atoms with van der Waals surface area (Å²) in [6.07, 6.45) is 2.69. The van der Waals surface area contributed by atoms with Crippen LogP contribution >= 0.6 is 0 Å². The fourth-order valence-corrected chi connectivity index (χ4v) is 1.37. The zero-order chi connectivity index (χ0) is 9.68. The second-order valence-electron chi connectivity index (χ2n) is 3.05. The van der Waals surface area contributed by atoms with Gasteiger partial charge in [-0.3, -0.25) is 14.5 Å². The number of likely N-dealkylation sites (tertiary alicyclic amines) is 1. The Morgan fingerprint density at radius 3 is 2.23 bits per heavy atom. The van der Waals surface area contributed by atoms with E-state index >= 15 is 0 Å². The largest absolute Gasteiger partial charge is 0.282 e. The summed E-state index contributed by atoms with van der Waals surface area (Å²) in [5.74, 6) is -0.254. The van der Waals surface area contributed by atoms with Gasteiger partial charge in [0.15, 0.2) is 0 Å². The second-order valence-corrected chi connectivity index (χ2v) is 3.05. The van der Waals surface area contributed by atoms with Gasteiger partial charge in [-0.15, -0.1) is 0 Å². The van der Waals surface area contributed by atoms with Gasteiger partial charge in [0.25, 0.3) is 0 Å². The standard InChI is InChI=1S/C9H12N2O2/c10-6-3-7-11-8(12)4-1-2-5-9(11)13/h1-5,7H2. The molecule has 0 radical (unpaired) electrons. The first-order valence-electron chi connectivity index (χ1n) is 4.46. The van der Waals surface area contributed by atoms with Crippen LogP contribution in [0.5, 0.6) is 0 Å². The minimum absolute atomic E-state index is 0.127. The van der Waals surface area contributed by atoms with Crippen molar-refractivity contribution in [2.24, 2.45) is 0 Å². The fourth-order valence-electron chi connectivity index (χ4n) is 1.37. The first-order chi connectivity index (χ1) is 6.25. The smallest absolute Gasteiger partial charge is 0.229 e. The first kappa shape index (κ1) is 9.72. The Balaban J connectivity index is 2.59. The van der Waals surface area contributed by atoms with E-state index in [0.29, 0.717) is 12.8 Å². The zero-order valence-electron chi connectivity index (χ0n) is 7.45. The molecule has 13 heavy (non-hydrogen) atoms. The molecule has 0 bridgehead atoms. The van der Waals surface area contributed by atoms with E-state index in [1.807, 2.05) is 6.07 Å². The number of hydrogen-bond donors (Lipinski definition) is 0. The number of rotatable bonds is 2. The van der Waals surface area contributed by atoms with Gasteiger partial charge < -0.3 is 0 Å². The number of nitrogens with zero attached hydrogens (tertiary/aromatic N) is 2. The predicted molar refractivity (Wildman–Crippen MR) is 45.4 cm³/mol. The van der Waals surface area contributed by atoms with Gasteiger partial charge in [0.2, 0.25) is 11.8 Å². The molecule has 0 aromatic carbocycles. The maximum atomic E-state index is 11.3. The van der Waals surface area contributed by atoms with Crippen molar-refractivity contribution in [3.05, 3.63) is 0 Å². The summed E-state index contributed by atoms with van der Waals surface area (Å²) < 4.78 is 0. The SMILES string of the molecule is N#CCCN1C(=O)CCCCC1=O. The van der Waals surface area contributed by atoms with Gasteiger partial charge in [-0.25, -0.2) is 0 Å². The molecule has 1 saturated heterocycles. The van der Waals surface area contributed by atoms with Crippen molar-refractivity contribution in [1.82, 2.24) is 4.90 Å². The molecule has 4 nitrogen and oxygen atoms in total. The molecule has 0 saturated carbocycles. The molecule has 70 valence electrons. The van der Waals surface area contributed by atoms with Crippen LogP contribution in [0.15, 0.2) is 0 Å². The van der Waals surface area contributed by atoms with E-state index in [2.05, 4.69) is 0 Å².